The first-order valence-corrected chi connectivity index (χ1v) is 4.96. The number of carbonyl (C=O) groups is 1. The van der Waals surface area contributed by atoms with E-state index >= 15 is 0 Å². The molecule has 1 aliphatic heterocycles. The molecule has 1 heterocycles. The molecular weight excluding hydrogens is 164 g/mol. The molecule has 1 aliphatic carbocycles. The molecule has 1 N–H and O–H groups in total. The standard InChI is InChI=1S/C10H16N2O/c1-12-7-6-11-10(13)9(12)8-4-2-3-5-8/h4,9H,2-3,5-7H2,1H3,(H,11,13). The largest absolute Gasteiger partial charge is 0.353 e. The van der Waals surface area contributed by atoms with Crippen molar-refractivity contribution < 1.29 is 4.79 Å². The van der Waals surface area contributed by atoms with Crippen molar-refractivity contribution in [2.45, 2.75) is 25.3 Å². The average Bonchev–Trinajstić information content (AvgIpc) is 2.57. The summed E-state index contributed by atoms with van der Waals surface area (Å²) in [6, 6.07) is 0.0243. The predicted molar refractivity (Wildman–Crippen MR) is 51.4 cm³/mol. The van der Waals surface area contributed by atoms with Gasteiger partial charge in [-0.05, 0) is 31.9 Å². The number of carbonyl (C=O) groups excluding carboxylic acids is 1. The minimum absolute atomic E-state index is 0.0243. The van der Waals surface area contributed by atoms with Gasteiger partial charge in [-0.15, -0.1) is 0 Å². The molecule has 0 aromatic rings. The van der Waals surface area contributed by atoms with Crippen LogP contribution in [0.2, 0.25) is 0 Å². The molecular formula is C10H16N2O. The van der Waals surface area contributed by atoms with Crippen LogP contribution in [0.15, 0.2) is 11.6 Å². The van der Waals surface area contributed by atoms with Crippen LogP contribution in [0.4, 0.5) is 0 Å². The number of nitrogens with one attached hydrogen (secondary N) is 1. The summed E-state index contributed by atoms with van der Waals surface area (Å²) < 4.78 is 0. The molecule has 3 heteroatoms. The second kappa shape index (κ2) is 3.50. The van der Waals surface area contributed by atoms with Crippen molar-refractivity contribution in [3.63, 3.8) is 0 Å². The molecule has 3 nitrogen and oxygen atoms in total. The maximum atomic E-state index is 11.6. The number of hydrogen-bond donors (Lipinski definition) is 1. The van der Waals surface area contributed by atoms with Gasteiger partial charge in [0, 0.05) is 13.1 Å². The third-order valence-electron chi connectivity index (χ3n) is 2.88. The van der Waals surface area contributed by atoms with E-state index in [-0.39, 0.29) is 11.9 Å². The molecule has 72 valence electrons. The summed E-state index contributed by atoms with van der Waals surface area (Å²) in [6.45, 7) is 1.76. The molecule has 0 radical (unpaired) electrons. The van der Waals surface area contributed by atoms with Gasteiger partial charge in [0.15, 0.2) is 0 Å². The monoisotopic (exact) mass is 180 g/mol. The first-order valence-electron chi connectivity index (χ1n) is 4.96. The summed E-state index contributed by atoms with van der Waals surface area (Å²) in [5.74, 6) is 0.182. The van der Waals surface area contributed by atoms with Crippen LogP contribution in [0.25, 0.3) is 0 Å². The van der Waals surface area contributed by atoms with E-state index < -0.39 is 0 Å². The van der Waals surface area contributed by atoms with Crippen LogP contribution in [-0.2, 0) is 4.79 Å². The van der Waals surface area contributed by atoms with Crippen molar-refractivity contribution in [3.8, 4) is 0 Å². The number of amides is 1. The second-order valence-electron chi connectivity index (χ2n) is 3.85. The molecule has 1 fully saturated rings. The Morgan fingerprint density at radius 2 is 2.46 bits per heavy atom. The van der Waals surface area contributed by atoms with Crippen LogP contribution in [-0.4, -0.2) is 37.0 Å². The van der Waals surface area contributed by atoms with Crippen molar-refractivity contribution in [1.29, 1.82) is 0 Å². The number of rotatable bonds is 1. The quantitative estimate of drug-likeness (QED) is 0.597. The minimum Gasteiger partial charge on any atom is -0.353 e. The normalized spacial score (nSPS) is 30.1. The highest BCUT2D eigenvalue weighted by Gasteiger charge is 2.30. The van der Waals surface area contributed by atoms with Gasteiger partial charge in [-0.25, -0.2) is 0 Å². The summed E-state index contributed by atoms with van der Waals surface area (Å²) >= 11 is 0. The van der Waals surface area contributed by atoms with Crippen molar-refractivity contribution in [3.05, 3.63) is 11.6 Å². The highest BCUT2D eigenvalue weighted by Crippen LogP contribution is 2.24. The number of likely N-dealkylation sites (N-methyl/N-ethyl adjacent to an activating group) is 1. The smallest absolute Gasteiger partial charge is 0.241 e. The van der Waals surface area contributed by atoms with E-state index in [0.717, 1.165) is 25.9 Å². The molecule has 2 aliphatic rings. The van der Waals surface area contributed by atoms with Crippen molar-refractivity contribution in [2.24, 2.45) is 0 Å². The van der Waals surface area contributed by atoms with Gasteiger partial charge in [-0.1, -0.05) is 6.08 Å². The molecule has 0 aromatic heterocycles. The molecule has 0 aromatic carbocycles. The fraction of sp³-hybridized carbons (Fsp3) is 0.700. The van der Waals surface area contributed by atoms with E-state index in [9.17, 15) is 4.79 Å². The second-order valence-corrected chi connectivity index (χ2v) is 3.85. The number of piperazine rings is 1. The zero-order valence-electron chi connectivity index (χ0n) is 8.05. The fourth-order valence-corrected chi connectivity index (χ4v) is 2.18. The summed E-state index contributed by atoms with van der Waals surface area (Å²) in [6.07, 6.45) is 5.69. The van der Waals surface area contributed by atoms with E-state index in [4.69, 9.17) is 0 Å². The Morgan fingerprint density at radius 3 is 3.08 bits per heavy atom. The molecule has 0 spiro atoms. The lowest BCUT2D eigenvalue weighted by Crippen LogP contribution is -2.54. The van der Waals surface area contributed by atoms with Crippen LogP contribution < -0.4 is 5.32 Å². The number of allylic oxidation sites excluding steroid dienone is 1. The van der Waals surface area contributed by atoms with Gasteiger partial charge in [-0.2, -0.15) is 0 Å². The third-order valence-corrected chi connectivity index (χ3v) is 2.88. The molecule has 1 saturated heterocycles. The van der Waals surface area contributed by atoms with Gasteiger partial charge in [0.25, 0.3) is 0 Å². The molecule has 13 heavy (non-hydrogen) atoms. The number of nitrogens with zero attached hydrogens (tertiary/aromatic N) is 1. The van der Waals surface area contributed by atoms with Crippen molar-refractivity contribution in [2.75, 3.05) is 20.1 Å². The minimum atomic E-state index is 0.0243. The molecule has 1 atom stereocenters. The van der Waals surface area contributed by atoms with Gasteiger partial charge in [0.2, 0.25) is 5.91 Å². The van der Waals surface area contributed by atoms with E-state index in [1.807, 2.05) is 7.05 Å². The predicted octanol–water partition coefficient (Wildman–Crippen LogP) is 0.527. The van der Waals surface area contributed by atoms with Crippen LogP contribution in [0.1, 0.15) is 19.3 Å². The molecule has 0 saturated carbocycles. The summed E-state index contributed by atoms with van der Waals surface area (Å²) in [4.78, 5) is 13.7. The van der Waals surface area contributed by atoms with Crippen LogP contribution in [0, 0.1) is 0 Å². The molecule has 2 rings (SSSR count). The van der Waals surface area contributed by atoms with E-state index in [1.54, 1.807) is 0 Å². The van der Waals surface area contributed by atoms with Crippen molar-refractivity contribution in [1.82, 2.24) is 10.2 Å². The van der Waals surface area contributed by atoms with Crippen molar-refractivity contribution >= 4 is 5.91 Å². The lowest BCUT2D eigenvalue weighted by molar-refractivity contribution is -0.126. The van der Waals surface area contributed by atoms with Gasteiger partial charge in [0.05, 0.1) is 0 Å². The Hall–Kier alpha value is -0.830. The van der Waals surface area contributed by atoms with Gasteiger partial charge >= 0.3 is 0 Å². The van der Waals surface area contributed by atoms with Gasteiger partial charge < -0.3 is 5.32 Å². The Morgan fingerprint density at radius 1 is 1.62 bits per heavy atom. The van der Waals surface area contributed by atoms with E-state index in [2.05, 4.69) is 16.3 Å². The molecule has 1 unspecified atom stereocenters. The first kappa shape index (κ1) is 8.75. The first-order chi connectivity index (χ1) is 6.29. The SMILES string of the molecule is CN1CCNC(=O)C1C1=CCCC1. The van der Waals surface area contributed by atoms with Gasteiger partial charge in [0.1, 0.15) is 6.04 Å². The Labute approximate surface area is 78.8 Å². The van der Waals surface area contributed by atoms with E-state index in [0.29, 0.717) is 0 Å². The maximum Gasteiger partial charge on any atom is 0.241 e. The third kappa shape index (κ3) is 1.61. The number of hydrogen-bond acceptors (Lipinski definition) is 2. The molecule has 1 amide bonds. The Balaban J connectivity index is 2.13. The van der Waals surface area contributed by atoms with Crippen LogP contribution >= 0.6 is 0 Å². The zero-order valence-corrected chi connectivity index (χ0v) is 8.05. The van der Waals surface area contributed by atoms with Gasteiger partial charge in [-0.3, -0.25) is 9.69 Å². The Kier molecular flexibility index (Phi) is 2.36. The average molecular weight is 180 g/mol. The molecule has 0 bridgehead atoms. The topological polar surface area (TPSA) is 32.3 Å². The highest BCUT2D eigenvalue weighted by molar-refractivity contribution is 5.85. The maximum absolute atomic E-state index is 11.6. The lowest BCUT2D eigenvalue weighted by atomic mass is 10.0. The van der Waals surface area contributed by atoms with Crippen LogP contribution in [0.5, 0.6) is 0 Å². The summed E-state index contributed by atoms with van der Waals surface area (Å²) in [5.41, 5.74) is 1.32. The summed E-state index contributed by atoms with van der Waals surface area (Å²) in [5, 5.41) is 2.92. The van der Waals surface area contributed by atoms with Crippen LogP contribution in [0.3, 0.4) is 0 Å². The summed E-state index contributed by atoms with van der Waals surface area (Å²) in [7, 11) is 2.03. The fourth-order valence-electron chi connectivity index (χ4n) is 2.18. The Bertz CT molecular complexity index is 247. The lowest BCUT2D eigenvalue weighted by Gasteiger charge is -2.32. The highest BCUT2D eigenvalue weighted by atomic mass is 16.2. The van der Waals surface area contributed by atoms with E-state index in [1.165, 1.54) is 12.0 Å². The zero-order chi connectivity index (χ0) is 9.26.